The molecule has 0 aliphatic carbocycles. The first-order valence-electron chi connectivity index (χ1n) is 2.16. The number of nitrogens with zero attached hydrogens (tertiary/aromatic N) is 1. The molecular formula is C5H3BrCl3N. The number of pyridine rings is 1. The van der Waals surface area contributed by atoms with Gasteiger partial charge >= 0.3 is 0 Å². The van der Waals surface area contributed by atoms with Crippen LogP contribution >= 0.6 is 51.5 Å². The Morgan fingerprint density at radius 3 is 2.40 bits per heavy atom. The first-order chi connectivity index (χ1) is 4.20. The van der Waals surface area contributed by atoms with E-state index < -0.39 is 0 Å². The zero-order valence-corrected chi connectivity index (χ0v) is 8.56. The minimum Gasteiger partial charge on any atom is -0.242 e. The van der Waals surface area contributed by atoms with Crippen LogP contribution in [0, 0.1) is 0 Å². The lowest BCUT2D eigenvalue weighted by atomic mass is 10.5. The zero-order chi connectivity index (χ0) is 6.85. The lowest BCUT2D eigenvalue weighted by Crippen LogP contribution is -1.74. The molecule has 0 aliphatic rings. The predicted octanol–water partition coefficient (Wildman–Crippen LogP) is 3.57. The second kappa shape index (κ2) is 4.39. The van der Waals surface area contributed by atoms with Gasteiger partial charge in [0, 0.05) is 10.7 Å². The van der Waals surface area contributed by atoms with Gasteiger partial charge in [-0.05, 0) is 22.0 Å². The summed E-state index contributed by atoms with van der Waals surface area (Å²) in [5.41, 5.74) is 0. The molecule has 0 amide bonds. The number of hydrogen-bond acceptors (Lipinski definition) is 1. The summed E-state index contributed by atoms with van der Waals surface area (Å²) >= 11 is 14.3. The van der Waals surface area contributed by atoms with Gasteiger partial charge in [0.1, 0.15) is 5.15 Å². The van der Waals surface area contributed by atoms with Crippen LogP contribution in [0.15, 0.2) is 16.7 Å². The van der Waals surface area contributed by atoms with E-state index >= 15 is 0 Å². The van der Waals surface area contributed by atoms with Crippen molar-refractivity contribution in [1.82, 2.24) is 4.98 Å². The van der Waals surface area contributed by atoms with Gasteiger partial charge in [-0.1, -0.05) is 23.2 Å². The van der Waals surface area contributed by atoms with Crippen molar-refractivity contribution < 1.29 is 0 Å². The lowest BCUT2D eigenvalue weighted by Gasteiger charge is -1.92. The maximum Gasteiger partial charge on any atom is 0.147 e. The van der Waals surface area contributed by atoms with E-state index in [-0.39, 0.29) is 12.4 Å². The Balaban J connectivity index is 0.000000810. The molecule has 0 radical (unpaired) electrons. The van der Waals surface area contributed by atoms with E-state index in [1.165, 1.54) is 0 Å². The van der Waals surface area contributed by atoms with E-state index in [4.69, 9.17) is 23.2 Å². The summed E-state index contributed by atoms with van der Waals surface area (Å²) in [6.45, 7) is 0. The molecule has 0 spiro atoms. The summed E-state index contributed by atoms with van der Waals surface area (Å²) in [6.07, 6.45) is 1.59. The fourth-order valence-electron chi connectivity index (χ4n) is 0.398. The normalized spacial score (nSPS) is 8.70. The number of hydrogen-bond donors (Lipinski definition) is 0. The van der Waals surface area contributed by atoms with E-state index in [0.29, 0.717) is 10.2 Å². The maximum absolute atomic E-state index is 5.59. The lowest BCUT2D eigenvalue weighted by molar-refractivity contribution is 1.31. The van der Waals surface area contributed by atoms with Crippen molar-refractivity contribution in [3.8, 4) is 0 Å². The second-order valence-electron chi connectivity index (χ2n) is 1.43. The standard InChI is InChI=1S/C5H2BrCl2N.ClH/c6-3-1-4(7)5(8)9-2-3;/h1-2H;1H. The van der Waals surface area contributed by atoms with Gasteiger partial charge in [0.2, 0.25) is 0 Å². The van der Waals surface area contributed by atoms with Gasteiger partial charge in [-0.15, -0.1) is 12.4 Å². The summed E-state index contributed by atoms with van der Waals surface area (Å²) in [6, 6.07) is 1.69. The Morgan fingerprint density at radius 1 is 1.40 bits per heavy atom. The quantitative estimate of drug-likeness (QED) is 0.652. The molecule has 1 rings (SSSR count). The molecule has 0 aromatic carbocycles. The van der Waals surface area contributed by atoms with Gasteiger partial charge in [-0.3, -0.25) is 0 Å². The summed E-state index contributed by atoms with van der Waals surface area (Å²) in [5, 5.41) is 0.797. The van der Waals surface area contributed by atoms with Crippen molar-refractivity contribution in [2.75, 3.05) is 0 Å². The van der Waals surface area contributed by atoms with Crippen molar-refractivity contribution in [1.29, 1.82) is 0 Å². The maximum atomic E-state index is 5.59. The highest BCUT2D eigenvalue weighted by atomic mass is 79.9. The molecule has 0 aliphatic heterocycles. The molecule has 0 bridgehead atoms. The van der Waals surface area contributed by atoms with Crippen molar-refractivity contribution >= 4 is 51.5 Å². The monoisotopic (exact) mass is 261 g/mol. The van der Waals surface area contributed by atoms with Crippen LogP contribution in [0.2, 0.25) is 10.2 Å². The Bertz CT molecular complexity index is 228. The second-order valence-corrected chi connectivity index (χ2v) is 3.11. The van der Waals surface area contributed by atoms with Crippen molar-refractivity contribution in [2.24, 2.45) is 0 Å². The third-order valence-corrected chi connectivity index (χ3v) is 1.88. The summed E-state index contributed by atoms with van der Waals surface area (Å²) in [4.78, 5) is 3.76. The fourth-order valence-corrected chi connectivity index (χ4v) is 1.13. The highest BCUT2D eigenvalue weighted by Crippen LogP contribution is 2.21. The van der Waals surface area contributed by atoms with Crippen LogP contribution < -0.4 is 0 Å². The summed E-state index contributed by atoms with van der Waals surface area (Å²) < 4.78 is 0.830. The van der Waals surface area contributed by atoms with Crippen molar-refractivity contribution in [3.05, 3.63) is 26.9 Å². The van der Waals surface area contributed by atoms with Crippen molar-refractivity contribution in [2.45, 2.75) is 0 Å². The fraction of sp³-hybridized carbons (Fsp3) is 0. The molecular weight excluding hydrogens is 260 g/mol. The third kappa shape index (κ3) is 2.62. The first-order valence-corrected chi connectivity index (χ1v) is 3.71. The predicted molar refractivity (Wildman–Crippen MR) is 49.2 cm³/mol. The van der Waals surface area contributed by atoms with E-state index in [1.54, 1.807) is 12.3 Å². The molecule has 1 heterocycles. The Labute approximate surface area is 83.3 Å². The van der Waals surface area contributed by atoms with Crippen LogP contribution in [-0.4, -0.2) is 4.98 Å². The molecule has 0 N–H and O–H groups in total. The molecule has 10 heavy (non-hydrogen) atoms. The van der Waals surface area contributed by atoms with E-state index in [9.17, 15) is 0 Å². The number of rotatable bonds is 0. The largest absolute Gasteiger partial charge is 0.242 e. The van der Waals surface area contributed by atoms with Gasteiger partial charge in [0.05, 0.1) is 5.02 Å². The van der Waals surface area contributed by atoms with Crippen LogP contribution in [0.4, 0.5) is 0 Å². The molecule has 1 nitrogen and oxygen atoms in total. The van der Waals surface area contributed by atoms with Gasteiger partial charge in [-0.2, -0.15) is 0 Å². The van der Waals surface area contributed by atoms with Crippen LogP contribution in [0.1, 0.15) is 0 Å². The van der Waals surface area contributed by atoms with E-state index in [2.05, 4.69) is 20.9 Å². The highest BCUT2D eigenvalue weighted by Gasteiger charge is 1.96. The van der Waals surface area contributed by atoms with Gasteiger partial charge in [0.25, 0.3) is 0 Å². The van der Waals surface area contributed by atoms with Crippen LogP contribution in [-0.2, 0) is 0 Å². The molecule has 5 heteroatoms. The van der Waals surface area contributed by atoms with Crippen LogP contribution in [0.5, 0.6) is 0 Å². The molecule has 0 saturated carbocycles. The molecule has 0 fully saturated rings. The minimum atomic E-state index is 0. The molecule has 0 saturated heterocycles. The molecule has 0 unspecified atom stereocenters. The Hall–Kier alpha value is 0.500. The number of halogens is 4. The van der Waals surface area contributed by atoms with Crippen LogP contribution in [0.25, 0.3) is 0 Å². The highest BCUT2D eigenvalue weighted by molar-refractivity contribution is 9.10. The van der Waals surface area contributed by atoms with Gasteiger partial charge in [0.15, 0.2) is 0 Å². The Kier molecular flexibility index (Phi) is 4.61. The van der Waals surface area contributed by atoms with Gasteiger partial charge < -0.3 is 0 Å². The molecule has 1 aromatic rings. The molecule has 1 aromatic heterocycles. The zero-order valence-electron chi connectivity index (χ0n) is 4.64. The molecule has 0 atom stereocenters. The SMILES string of the molecule is Cl.Clc1cc(Br)cnc1Cl. The smallest absolute Gasteiger partial charge is 0.147 e. The minimum absolute atomic E-state index is 0. The summed E-state index contributed by atoms with van der Waals surface area (Å²) in [5.74, 6) is 0. The van der Waals surface area contributed by atoms with Gasteiger partial charge in [-0.25, -0.2) is 4.98 Å². The third-order valence-electron chi connectivity index (χ3n) is 0.763. The molecule has 56 valence electrons. The van der Waals surface area contributed by atoms with E-state index in [0.717, 1.165) is 4.47 Å². The average Bonchev–Trinajstić information content (AvgIpc) is 1.80. The van der Waals surface area contributed by atoms with Crippen LogP contribution in [0.3, 0.4) is 0 Å². The summed E-state index contributed by atoms with van der Waals surface area (Å²) in [7, 11) is 0. The topological polar surface area (TPSA) is 12.9 Å². The average molecular weight is 263 g/mol. The van der Waals surface area contributed by atoms with E-state index in [1.807, 2.05) is 0 Å². The first kappa shape index (κ1) is 10.5. The van der Waals surface area contributed by atoms with Crippen molar-refractivity contribution in [3.63, 3.8) is 0 Å². The Morgan fingerprint density at radius 2 is 2.00 bits per heavy atom. The number of aromatic nitrogens is 1.